The zero-order valence-electron chi connectivity index (χ0n) is 20.6. The van der Waals surface area contributed by atoms with Gasteiger partial charge in [-0.05, 0) is 49.0 Å². The number of rotatable bonds is 3. The van der Waals surface area contributed by atoms with Crippen molar-refractivity contribution in [1.82, 2.24) is 0 Å². The maximum atomic E-state index is 12.5. The Morgan fingerprint density at radius 3 is 2.33 bits per heavy atom. The maximum Gasteiger partial charge on any atom is 0.308 e. The Balaban J connectivity index is 3.16. The number of hydrogen-bond donors (Lipinski definition) is 3. The summed E-state index contributed by atoms with van der Waals surface area (Å²) in [6, 6.07) is 2.08. The van der Waals surface area contributed by atoms with Crippen molar-refractivity contribution in [1.29, 1.82) is 5.26 Å². The number of ether oxygens (including phenoxy) is 1. The van der Waals surface area contributed by atoms with Crippen molar-refractivity contribution in [3.05, 3.63) is 23.8 Å². The van der Waals surface area contributed by atoms with Gasteiger partial charge in [-0.1, -0.05) is 46.8 Å². The highest BCUT2D eigenvalue weighted by molar-refractivity contribution is 5.70. The SMILES string of the molecule is CC(CC(=O)O)C1C/C=C/C=C(/C#N)[C@H](O)[C@@H](C)C[C@H](C)C[C@H](C)C[C@H](C)C(O)CC(=O)O1. The minimum absolute atomic E-state index is 0.0855. The molecule has 33 heavy (non-hydrogen) atoms. The third-order valence-electron chi connectivity index (χ3n) is 6.57. The number of cyclic esters (lactones) is 1. The van der Waals surface area contributed by atoms with E-state index < -0.39 is 36.2 Å². The van der Waals surface area contributed by atoms with Crippen molar-refractivity contribution < 1.29 is 29.6 Å². The minimum Gasteiger partial charge on any atom is -0.481 e. The molecule has 1 aliphatic heterocycles. The molecule has 0 amide bonds. The molecule has 0 aromatic heterocycles. The summed E-state index contributed by atoms with van der Waals surface area (Å²) in [7, 11) is 0. The molecular weight excluding hydrogens is 422 g/mol. The summed E-state index contributed by atoms with van der Waals surface area (Å²) >= 11 is 0. The number of nitrogens with zero attached hydrogens (tertiary/aromatic N) is 1. The van der Waals surface area contributed by atoms with Crippen LogP contribution in [0.5, 0.6) is 0 Å². The monoisotopic (exact) mass is 463 g/mol. The first-order valence-electron chi connectivity index (χ1n) is 12.0. The molecule has 186 valence electrons. The van der Waals surface area contributed by atoms with Gasteiger partial charge in [0, 0.05) is 12.3 Å². The van der Waals surface area contributed by atoms with E-state index in [1.54, 1.807) is 25.2 Å². The first-order valence-corrected chi connectivity index (χ1v) is 12.0. The number of hydrogen-bond acceptors (Lipinski definition) is 6. The van der Waals surface area contributed by atoms with Gasteiger partial charge in [0.15, 0.2) is 0 Å². The van der Waals surface area contributed by atoms with Gasteiger partial charge in [-0.15, -0.1) is 0 Å². The van der Waals surface area contributed by atoms with E-state index in [9.17, 15) is 25.1 Å². The number of carbonyl (C=O) groups excluding carboxylic acids is 1. The average Bonchev–Trinajstić information content (AvgIpc) is 2.70. The Bertz CT molecular complexity index is 740. The maximum absolute atomic E-state index is 12.5. The Morgan fingerprint density at radius 2 is 1.76 bits per heavy atom. The number of carboxylic acid groups (broad SMARTS) is 1. The highest BCUT2D eigenvalue weighted by Crippen LogP contribution is 2.28. The van der Waals surface area contributed by atoms with Crippen LogP contribution in [0.3, 0.4) is 0 Å². The smallest absolute Gasteiger partial charge is 0.308 e. The van der Waals surface area contributed by atoms with Crippen LogP contribution in [0, 0.1) is 40.9 Å². The molecule has 0 saturated carbocycles. The van der Waals surface area contributed by atoms with E-state index in [1.165, 1.54) is 0 Å². The topological polar surface area (TPSA) is 128 Å². The van der Waals surface area contributed by atoms with E-state index in [2.05, 4.69) is 19.9 Å². The summed E-state index contributed by atoms with van der Waals surface area (Å²) in [5, 5.41) is 39.9. The molecule has 1 aliphatic rings. The molecule has 7 nitrogen and oxygen atoms in total. The fraction of sp³-hybridized carbons (Fsp3) is 0.731. The average molecular weight is 464 g/mol. The molecule has 1 rings (SSSR count). The Kier molecular flexibility index (Phi) is 12.4. The Morgan fingerprint density at radius 1 is 1.15 bits per heavy atom. The predicted molar refractivity (Wildman–Crippen MR) is 126 cm³/mol. The molecule has 0 aliphatic carbocycles. The van der Waals surface area contributed by atoms with Crippen molar-refractivity contribution in [3.63, 3.8) is 0 Å². The lowest BCUT2D eigenvalue weighted by Crippen LogP contribution is -2.30. The van der Waals surface area contributed by atoms with Gasteiger partial charge in [-0.3, -0.25) is 9.59 Å². The lowest BCUT2D eigenvalue weighted by atomic mass is 9.82. The number of carbonyl (C=O) groups is 2. The standard InChI is InChI=1S/C26H41NO6/c1-16-10-17(2)12-20(5)26(32)21(15-27)8-6-7-9-23(19(4)13-24(29)30)33-25(31)14-22(28)18(3)11-16/h6-8,16-20,22-23,26,28,32H,9-14H2,1-5H3,(H,29,30)/b7-6+,21-8-/t16-,17+,18-,19?,20-,22?,23?,26+/m0/s1. The molecule has 8 atom stereocenters. The van der Waals surface area contributed by atoms with Crippen molar-refractivity contribution in [2.24, 2.45) is 29.6 Å². The summed E-state index contributed by atoms with van der Waals surface area (Å²) in [5.41, 5.74) is 0.268. The van der Waals surface area contributed by atoms with Gasteiger partial charge in [0.25, 0.3) is 0 Å². The summed E-state index contributed by atoms with van der Waals surface area (Å²) < 4.78 is 5.56. The minimum atomic E-state index is -0.984. The fourth-order valence-corrected chi connectivity index (χ4v) is 4.72. The molecule has 0 bridgehead atoms. The number of aliphatic hydroxyl groups is 2. The second-order valence-electron chi connectivity index (χ2n) is 10.1. The van der Waals surface area contributed by atoms with Crippen molar-refractivity contribution in [2.75, 3.05) is 0 Å². The van der Waals surface area contributed by atoms with Gasteiger partial charge >= 0.3 is 11.9 Å². The molecule has 7 heteroatoms. The first kappa shape index (κ1) is 28.9. The zero-order valence-corrected chi connectivity index (χ0v) is 20.6. The number of nitriles is 1. The summed E-state index contributed by atoms with van der Waals surface area (Å²) in [5.74, 6) is -1.48. The van der Waals surface area contributed by atoms with Crippen molar-refractivity contribution in [3.8, 4) is 6.07 Å². The zero-order chi connectivity index (χ0) is 25.1. The summed E-state index contributed by atoms with van der Waals surface area (Å²) in [6.07, 6.45) is 4.93. The third-order valence-corrected chi connectivity index (χ3v) is 6.57. The quantitative estimate of drug-likeness (QED) is 0.534. The molecule has 0 aromatic carbocycles. The molecule has 3 N–H and O–H groups in total. The van der Waals surface area contributed by atoms with Crippen LogP contribution in [0.1, 0.15) is 73.1 Å². The number of aliphatic hydroxyl groups excluding tert-OH is 2. The second kappa shape index (κ2) is 14.2. The van der Waals surface area contributed by atoms with E-state index in [1.807, 2.05) is 13.8 Å². The van der Waals surface area contributed by atoms with Gasteiger partial charge in [-0.25, -0.2) is 0 Å². The van der Waals surface area contributed by atoms with Crippen LogP contribution in [-0.2, 0) is 14.3 Å². The summed E-state index contributed by atoms with van der Waals surface area (Å²) in [4.78, 5) is 23.7. The number of aliphatic carboxylic acids is 1. The van der Waals surface area contributed by atoms with E-state index in [0.29, 0.717) is 11.8 Å². The van der Waals surface area contributed by atoms with E-state index in [-0.39, 0.29) is 36.7 Å². The Labute approximate surface area is 198 Å². The molecule has 0 radical (unpaired) electrons. The van der Waals surface area contributed by atoms with Crippen LogP contribution in [-0.4, -0.2) is 45.6 Å². The first-order chi connectivity index (χ1) is 15.4. The van der Waals surface area contributed by atoms with Crippen molar-refractivity contribution in [2.45, 2.75) is 91.5 Å². The van der Waals surface area contributed by atoms with E-state index in [0.717, 1.165) is 19.3 Å². The van der Waals surface area contributed by atoms with Gasteiger partial charge in [0.2, 0.25) is 0 Å². The lowest BCUT2D eigenvalue weighted by Gasteiger charge is -2.27. The predicted octanol–water partition coefficient (Wildman–Crippen LogP) is 4.25. The van der Waals surface area contributed by atoms with Crippen LogP contribution in [0.2, 0.25) is 0 Å². The third kappa shape index (κ3) is 10.5. The normalized spacial score (nSPS) is 36.7. The highest BCUT2D eigenvalue weighted by Gasteiger charge is 2.27. The molecular formula is C26H41NO6. The van der Waals surface area contributed by atoms with Crippen LogP contribution in [0.25, 0.3) is 0 Å². The largest absolute Gasteiger partial charge is 0.481 e. The van der Waals surface area contributed by atoms with Gasteiger partial charge in [0.05, 0.1) is 36.7 Å². The van der Waals surface area contributed by atoms with Gasteiger partial charge < -0.3 is 20.1 Å². The van der Waals surface area contributed by atoms with Gasteiger partial charge in [0.1, 0.15) is 6.10 Å². The molecule has 1 heterocycles. The molecule has 0 saturated heterocycles. The highest BCUT2D eigenvalue weighted by atomic mass is 16.5. The van der Waals surface area contributed by atoms with Crippen LogP contribution in [0.4, 0.5) is 0 Å². The van der Waals surface area contributed by atoms with E-state index in [4.69, 9.17) is 9.84 Å². The lowest BCUT2D eigenvalue weighted by molar-refractivity contribution is -0.156. The van der Waals surface area contributed by atoms with E-state index >= 15 is 0 Å². The molecule has 0 spiro atoms. The molecule has 0 fully saturated rings. The number of esters is 1. The van der Waals surface area contributed by atoms with Crippen molar-refractivity contribution >= 4 is 11.9 Å². The molecule has 3 unspecified atom stereocenters. The van der Waals surface area contributed by atoms with Crippen LogP contribution < -0.4 is 0 Å². The van der Waals surface area contributed by atoms with Crippen LogP contribution >= 0.6 is 0 Å². The Hall–Kier alpha value is -2.17. The summed E-state index contributed by atoms with van der Waals surface area (Å²) in [6.45, 7) is 9.81. The number of carboxylic acids is 1. The number of allylic oxidation sites excluding steroid dienone is 2. The van der Waals surface area contributed by atoms with Gasteiger partial charge in [-0.2, -0.15) is 5.26 Å². The second-order valence-corrected chi connectivity index (χ2v) is 10.1. The van der Waals surface area contributed by atoms with Crippen LogP contribution in [0.15, 0.2) is 23.8 Å². The fourth-order valence-electron chi connectivity index (χ4n) is 4.72. The molecule has 0 aromatic rings.